The molecule has 146 valence electrons. The molecule has 0 radical (unpaired) electrons. The van der Waals surface area contributed by atoms with Crippen molar-refractivity contribution in [1.82, 2.24) is 20.1 Å². The summed E-state index contributed by atoms with van der Waals surface area (Å²) in [5.74, 6) is -0.0213. The largest absolute Gasteiger partial charge is 0.350 e. The molecule has 0 fully saturated rings. The van der Waals surface area contributed by atoms with Crippen LogP contribution >= 0.6 is 22.9 Å². The van der Waals surface area contributed by atoms with Crippen molar-refractivity contribution < 1.29 is 4.79 Å². The predicted octanol–water partition coefficient (Wildman–Crippen LogP) is 4.53. The van der Waals surface area contributed by atoms with Crippen molar-refractivity contribution in [3.63, 3.8) is 0 Å². The number of hydrogen-bond acceptors (Lipinski definition) is 4. The van der Waals surface area contributed by atoms with Gasteiger partial charge in [-0.3, -0.25) is 9.48 Å². The minimum atomic E-state index is -0.0213. The zero-order valence-electron chi connectivity index (χ0n) is 15.9. The number of nitrogens with zero attached hydrogens (tertiary/aromatic N) is 3. The Labute approximate surface area is 173 Å². The van der Waals surface area contributed by atoms with E-state index in [1.54, 1.807) is 11.3 Å². The third-order valence-corrected chi connectivity index (χ3v) is 6.22. The molecule has 5 nitrogen and oxygen atoms in total. The third-order valence-electron chi connectivity index (χ3n) is 5.05. The fourth-order valence-electron chi connectivity index (χ4n) is 3.64. The van der Waals surface area contributed by atoms with E-state index in [0.29, 0.717) is 19.5 Å². The Morgan fingerprint density at radius 2 is 2.04 bits per heavy atom. The molecular formula is C21H23ClN4OS. The van der Waals surface area contributed by atoms with Crippen LogP contribution in [0.3, 0.4) is 0 Å². The van der Waals surface area contributed by atoms with Gasteiger partial charge in [0.2, 0.25) is 0 Å². The van der Waals surface area contributed by atoms with Crippen molar-refractivity contribution in [1.29, 1.82) is 0 Å². The van der Waals surface area contributed by atoms with Crippen LogP contribution in [0, 0.1) is 0 Å². The number of aryl methyl sites for hydroxylation is 2. The second kappa shape index (κ2) is 8.45. The first kappa shape index (κ1) is 19.2. The number of fused-ring (bicyclic) bond motifs is 1. The first-order valence-electron chi connectivity index (χ1n) is 9.72. The maximum Gasteiger partial charge on any atom is 0.269 e. The van der Waals surface area contributed by atoms with Crippen LogP contribution in [-0.2, 0) is 25.8 Å². The summed E-state index contributed by atoms with van der Waals surface area (Å²) in [5.41, 5.74) is 4.99. The lowest BCUT2D eigenvalue weighted by Crippen LogP contribution is -2.29. The van der Waals surface area contributed by atoms with Gasteiger partial charge < -0.3 is 5.32 Å². The smallest absolute Gasteiger partial charge is 0.269 e. The molecule has 4 rings (SSSR count). The fourth-order valence-corrected chi connectivity index (χ4v) is 4.57. The van der Waals surface area contributed by atoms with Crippen LogP contribution < -0.4 is 5.32 Å². The van der Waals surface area contributed by atoms with E-state index in [1.165, 1.54) is 0 Å². The summed E-state index contributed by atoms with van der Waals surface area (Å²) in [5, 5.41) is 11.5. The van der Waals surface area contributed by atoms with Crippen LogP contribution in [0.25, 0.3) is 11.3 Å². The fraction of sp³-hybridized carbons (Fsp3) is 0.381. The number of rotatable bonds is 6. The molecule has 0 saturated carbocycles. The number of halogens is 1. The molecule has 0 atom stereocenters. The first-order chi connectivity index (χ1) is 13.7. The number of carbonyl (C=O) groups excluding carboxylic acids is 1. The van der Waals surface area contributed by atoms with Crippen molar-refractivity contribution in [2.24, 2.45) is 0 Å². The highest BCUT2D eigenvalue weighted by Crippen LogP contribution is 2.25. The maximum absolute atomic E-state index is 12.8. The molecule has 1 aromatic carbocycles. The van der Waals surface area contributed by atoms with E-state index in [9.17, 15) is 4.79 Å². The Morgan fingerprint density at radius 3 is 2.82 bits per heavy atom. The topological polar surface area (TPSA) is 59.8 Å². The molecule has 0 unspecified atom stereocenters. The zero-order chi connectivity index (χ0) is 19.5. The number of amides is 1. The molecule has 3 aromatic rings. The summed E-state index contributed by atoms with van der Waals surface area (Å²) >= 11 is 7.56. The summed E-state index contributed by atoms with van der Waals surface area (Å²) in [7, 11) is 0. The number of carbonyl (C=O) groups is 1. The Hall–Kier alpha value is -2.18. The van der Waals surface area contributed by atoms with Crippen LogP contribution in [0.1, 0.15) is 46.5 Å². The molecule has 2 aromatic heterocycles. The standard InChI is InChI=1S/C21H23ClN4OS/c1-2-26-20(16-5-3-4-6-17(16)25-26)21(27)23-12-11-19-24-18(13-28-19)14-7-9-15(22)10-8-14/h7-10,13H,2-6,11-12H2,1H3,(H,23,27). The summed E-state index contributed by atoms with van der Waals surface area (Å²) in [6, 6.07) is 7.68. The molecule has 0 aliphatic heterocycles. The van der Waals surface area contributed by atoms with Crippen molar-refractivity contribution in [2.45, 2.75) is 45.6 Å². The normalized spacial score (nSPS) is 13.4. The zero-order valence-corrected chi connectivity index (χ0v) is 17.4. The third kappa shape index (κ3) is 3.98. The van der Waals surface area contributed by atoms with Gasteiger partial charge in [0.15, 0.2) is 0 Å². The predicted molar refractivity (Wildman–Crippen MR) is 113 cm³/mol. The van der Waals surface area contributed by atoms with Gasteiger partial charge in [-0.25, -0.2) is 4.98 Å². The van der Waals surface area contributed by atoms with Gasteiger partial charge in [-0.2, -0.15) is 5.10 Å². The molecule has 0 saturated heterocycles. The molecule has 2 heterocycles. The van der Waals surface area contributed by atoms with E-state index < -0.39 is 0 Å². The highest BCUT2D eigenvalue weighted by atomic mass is 35.5. The summed E-state index contributed by atoms with van der Waals surface area (Å²) in [4.78, 5) is 17.5. The van der Waals surface area contributed by atoms with Crippen molar-refractivity contribution in [3.8, 4) is 11.3 Å². The highest BCUT2D eigenvalue weighted by molar-refractivity contribution is 7.09. The molecule has 1 aliphatic rings. The maximum atomic E-state index is 12.8. The molecule has 0 spiro atoms. The molecule has 28 heavy (non-hydrogen) atoms. The monoisotopic (exact) mass is 414 g/mol. The number of thiazole rings is 1. The SMILES string of the molecule is CCn1nc2c(c1C(=O)NCCc1nc(-c3ccc(Cl)cc3)cs1)CCCC2. The van der Waals surface area contributed by atoms with Gasteiger partial charge >= 0.3 is 0 Å². The van der Waals surface area contributed by atoms with Gasteiger partial charge in [0.25, 0.3) is 5.91 Å². The summed E-state index contributed by atoms with van der Waals surface area (Å²) in [6.45, 7) is 3.31. The van der Waals surface area contributed by atoms with E-state index in [4.69, 9.17) is 11.6 Å². The number of hydrogen-bond donors (Lipinski definition) is 1. The van der Waals surface area contributed by atoms with Gasteiger partial charge in [0.05, 0.1) is 16.4 Å². The van der Waals surface area contributed by atoms with Crippen LogP contribution in [0.15, 0.2) is 29.6 Å². The molecule has 1 aliphatic carbocycles. The van der Waals surface area contributed by atoms with Crippen LogP contribution in [0.4, 0.5) is 0 Å². The molecule has 1 N–H and O–H groups in total. The lowest BCUT2D eigenvalue weighted by atomic mass is 9.95. The van der Waals surface area contributed by atoms with Gasteiger partial charge in [-0.15, -0.1) is 11.3 Å². The highest BCUT2D eigenvalue weighted by Gasteiger charge is 2.24. The molecule has 7 heteroatoms. The second-order valence-electron chi connectivity index (χ2n) is 6.94. The average molecular weight is 415 g/mol. The van der Waals surface area contributed by atoms with Gasteiger partial charge in [-0.1, -0.05) is 23.7 Å². The first-order valence-corrected chi connectivity index (χ1v) is 11.0. The van der Waals surface area contributed by atoms with E-state index in [-0.39, 0.29) is 5.91 Å². The quantitative estimate of drug-likeness (QED) is 0.644. The van der Waals surface area contributed by atoms with E-state index in [0.717, 1.165) is 63.9 Å². The van der Waals surface area contributed by atoms with Crippen LogP contribution in [0.5, 0.6) is 0 Å². The van der Waals surface area contributed by atoms with Gasteiger partial charge in [0.1, 0.15) is 5.69 Å². The van der Waals surface area contributed by atoms with E-state index in [1.807, 2.05) is 41.3 Å². The van der Waals surface area contributed by atoms with E-state index >= 15 is 0 Å². The molecular weight excluding hydrogens is 392 g/mol. The number of aromatic nitrogens is 3. The molecule has 1 amide bonds. The van der Waals surface area contributed by atoms with Crippen LogP contribution in [-0.4, -0.2) is 27.2 Å². The van der Waals surface area contributed by atoms with Crippen molar-refractivity contribution >= 4 is 28.8 Å². The Bertz CT molecular complexity index is 977. The van der Waals surface area contributed by atoms with Crippen molar-refractivity contribution in [3.05, 3.63) is 56.6 Å². The number of nitrogens with one attached hydrogen (secondary N) is 1. The minimum absolute atomic E-state index is 0.0213. The Morgan fingerprint density at radius 1 is 1.25 bits per heavy atom. The number of benzene rings is 1. The van der Waals surface area contributed by atoms with Gasteiger partial charge in [0, 0.05) is 41.0 Å². The van der Waals surface area contributed by atoms with Crippen LogP contribution in [0.2, 0.25) is 5.02 Å². The summed E-state index contributed by atoms with van der Waals surface area (Å²) in [6.07, 6.45) is 4.95. The molecule has 0 bridgehead atoms. The average Bonchev–Trinajstić information content (AvgIpc) is 3.33. The summed E-state index contributed by atoms with van der Waals surface area (Å²) < 4.78 is 1.85. The Kier molecular flexibility index (Phi) is 5.78. The Balaban J connectivity index is 1.39. The second-order valence-corrected chi connectivity index (χ2v) is 8.32. The van der Waals surface area contributed by atoms with E-state index in [2.05, 4.69) is 15.4 Å². The lowest BCUT2D eigenvalue weighted by molar-refractivity contribution is 0.0942. The van der Waals surface area contributed by atoms with Gasteiger partial charge in [-0.05, 0) is 44.7 Å². The van der Waals surface area contributed by atoms with Crippen molar-refractivity contribution in [2.75, 3.05) is 6.54 Å². The lowest BCUT2D eigenvalue weighted by Gasteiger charge is -2.11. The minimum Gasteiger partial charge on any atom is -0.350 e.